The largest absolute Gasteiger partial charge is 0.494 e. The van der Waals surface area contributed by atoms with Crippen molar-refractivity contribution in [1.29, 1.82) is 0 Å². The van der Waals surface area contributed by atoms with Gasteiger partial charge in [0.2, 0.25) is 0 Å². The van der Waals surface area contributed by atoms with Gasteiger partial charge in [0.15, 0.2) is 17.5 Å². The van der Waals surface area contributed by atoms with Gasteiger partial charge in [0.25, 0.3) is 0 Å². The molecular weight excluding hydrogens is 272 g/mol. The fourth-order valence-electron chi connectivity index (χ4n) is 1.88. The molecule has 0 bridgehead atoms. The van der Waals surface area contributed by atoms with Gasteiger partial charge in [-0.25, -0.2) is 13.2 Å². The summed E-state index contributed by atoms with van der Waals surface area (Å²) in [4.78, 5) is 0. The fourth-order valence-corrected chi connectivity index (χ4v) is 1.88. The van der Waals surface area contributed by atoms with Gasteiger partial charge >= 0.3 is 7.12 Å². The smallest absolute Gasteiger partial charge is 0.404 e. The van der Waals surface area contributed by atoms with E-state index in [1.807, 2.05) is 0 Å². The molecule has 0 spiro atoms. The van der Waals surface area contributed by atoms with E-state index in [2.05, 4.69) is 6.92 Å². The van der Waals surface area contributed by atoms with Crippen LogP contribution in [0.4, 0.5) is 13.2 Å². The highest BCUT2D eigenvalue weighted by molar-refractivity contribution is 6.61. The van der Waals surface area contributed by atoms with E-state index < -0.39 is 24.6 Å². The summed E-state index contributed by atoms with van der Waals surface area (Å²) < 4.78 is 55.3. The van der Waals surface area contributed by atoms with Crippen LogP contribution in [0.15, 0.2) is 12.1 Å². The number of benzene rings is 1. The highest BCUT2D eigenvalue weighted by Crippen LogP contribution is 2.12. The Labute approximate surface area is 116 Å². The molecule has 0 unspecified atom stereocenters. The lowest BCUT2D eigenvalue weighted by Gasteiger charge is -2.27. The third kappa shape index (κ3) is 3.74. The average Bonchev–Trinajstić information content (AvgIpc) is 2.45. The van der Waals surface area contributed by atoms with Crippen molar-refractivity contribution >= 4 is 12.6 Å². The van der Waals surface area contributed by atoms with Crippen LogP contribution in [-0.2, 0) is 14.0 Å². The standard InChI is InChI=1S/C13H16BF3O3/c1-2-3-4-18-10-7-19-14(20-8-10)9-5-11(15)13(17)12(16)6-9/h5-6,10H,2-4,7-8H2,1H3. The van der Waals surface area contributed by atoms with Crippen LogP contribution in [0.3, 0.4) is 0 Å². The molecule has 7 heteroatoms. The van der Waals surface area contributed by atoms with Crippen LogP contribution in [0.2, 0.25) is 0 Å². The molecule has 0 atom stereocenters. The van der Waals surface area contributed by atoms with Crippen LogP contribution in [0.25, 0.3) is 0 Å². The second kappa shape index (κ2) is 7.10. The van der Waals surface area contributed by atoms with Crippen molar-refractivity contribution in [2.24, 2.45) is 0 Å². The van der Waals surface area contributed by atoms with Crippen LogP contribution >= 0.6 is 0 Å². The van der Waals surface area contributed by atoms with Crippen molar-refractivity contribution in [3.63, 3.8) is 0 Å². The molecule has 110 valence electrons. The van der Waals surface area contributed by atoms with Crippen LogP contribution < -0.4 is 5.46 Å². The van der Waals surface area contributed by atoms with Crippen molar-refractivity contribution in [2.45, 2.75) is 25.9 Å². The summed E-state index contributed by atoms with van der Waals surface area (Å²) in [7, 11) is -0.898. The Kier molecular flexibility index (Phi) is 5.45. The van der Waals surface area contributed by atoms with Crippen molar-refractivity contribution in [3.05, 3.63) is 29.6 Å². The topological polar surface area (TPSA) is 27.7 Å². The van der Waals surface area contributed by atoms with Crippen molar-refractivity contribution in [1.82, 2.24) is 0 Å². The Morgan fingerprint density at radius 3 is 2.35 bits per heavy atom. The Hall–Kier alpha value is -1.05. The van der Waals surface area contributed by atoms with Gasteiger partial charge in [-0.05, 0) is 24.0 Å². The van der Waals surface area contributed by atoms with E-state index in [1.165, 1.54) is 0 Å². The molecule has 0 saturated carbocycles. The van der Waals surface area contributed by atoms with Crippen molar-refractivity contribution < 1.29 is 27.2 Å². The lowest BCUT2D eigenvalue weighted by atomic mass is 9.78. The molecule has 0 aliphatic carbocycles. The molecule has 1 aliphatic heterocycles. The van der Waals surface area contributed by atoms with E-state index in [-0.39, 0.29) is 24.8 Å². The average molecular weight is 288 g/mol. The second-order valence-corrected chi connectivity index (χ2v) is 4.64. The molecule has 3 nitrogen and oxygen atoms in total. The molecule has 1 aromatic rings. The minimum Gasteiger partial charge on any atom is -0.404 e. The third-order valence-corrected chi connectivity index (χ3v) is 3.00. The Balaban J connectivity index is 1.90. The molecule has 0 aromatic heterocycles. The number of halogens is 3. The first-order chi connectivity index (χ1) is 9.61. The minimum atomic E-state index is -1.50. The van der Waals surface area contributed by atoms with Gasteiger partial charge in [0, 0.05) is 6.61 Å². The van der Waals surface area contributed by atoms with Gasteiger partial charge in [-0.2, -0.15) is 0 Å². The Morgan fingerprint density at radius 2 is 1.80 bits per heavy atom. The number of ether oxygens (including phenoxy) is 1. The molecule has 0 N–H and O–H groups in total. The van der Waals surface area contributed by atoms with Gasteiger partial charge in [0.1, 0.15) is 6.10 Å². The normalized spacial score (nSPS) is 16.7. The molecular formula is C13H16BF3O3. The molecule has 1 heterocycles. The van der Waals surface area contributed by atoms with Gasteiger partial charge < -0.3 is 14.0 Å². The molecule has 1 aromatic carbocycles. The van der Waals surface area contributed by atoms with Crippen LogP contribution in [0.5, 0.6) is 0 Å². The maximum atomic E-state index is 13.1. The molecule has 0 amide bonds. The first-order valence-electron chi connectivity index (χ1n) is 6.61. The summed E-state index contributed by atoms with van der Waals surface area (Å²) in [6, 6.07) is 1.75. The summed E-state index contributed by atoms with van der Waals surface area (Å²) in [6.07, 6.45) is 1.80. The zero-order valence-corrected chi connectivity index (χ0v) is 11.2. The van der Waals surface area contributed by atoms with Gasteiger partial charge in [-0.3, -0.25) is 0 Å². The predicted molar refractivity (Wildman–Crippen MR) is 68.3 cm³/mol. The van der Waals surface area contributed by atoms with E-state index in [1.54, 1.807) is 0 Å². The Bertz CT molecular complexity index is 427. The van der Waals surface area contributed by atoms with E-state index in [9.17, 15) is 13.2 Å². The van der Waals surface area contributed by atoms with Crippen molar-refractivity contribution in [2.75, 3.05) is 19.8 Å². The van der Waals surface area contributed by atoms with Crippen LogP contribution in [0, 0.1) is 17.5 Å². The number of hydrogen-bond donors (Lipinski definition) is 0. The minimum absolute atomic E-state index is 0.119. The van der Waals surface area contributed by atoms with Crippen molar-refractivity contribution in [3.8, 4) is 0 Å². The van der Waals surface area contributed by atoms with Crippen LogP contribution in [-0.4, -0.2) is 33.0 Å². The molecule has 2 rings (SSSR count). The summed E-state index contributed by atoms with van der Waals surface area (Å²) in [5.41, 5.74) is 0.119. The summed E-state index contributed by atoms with van der Waals surface area (Å²) in [5, 5.41) is 0. The zero-order valence-electron chi connectivity index (χ0n) is 11.2. The van der Waals surface area contributed by atoms with E-state index >= 15 is 0 Å². The second-order valence-electron chi connectivity index (χ2n) is 4.64. The summed E-state index contributed by atoms with van der Waals surface area (Å²) in [6.45, 7) is 3.23. The summed E-state index contributed by atoms with van der Waals surface area (Å²) in [5.74, 6) is -4.01. The van der Waals surface area contributed by atoms with E-state index in [4.69, 9.17) is 14.0 Å². The molecule has 1 aliphatic rings. The highest BCUT2D eigenvalue weighted by atomic mass is 19.2. The maximum Gasteiger partial charge on any atom is 0.494 e. The summed E-state index contributed by atoms with van der Waals surface area (Å²) >= 11 is 0. The number of unbranched alkanes of at least 4 members (excludes halogenated alkanes) is 1. The maximum absolute atomic E-state index is 13.1. The first-order valence-corrected chi connectivity index (χ1v) is 6.61. The molecule has 20 heavy (non-hydrogen) atoms. The third-order valence-electron chi connectivity index (χ3n) is 3.00. The predicted octanol–water partition coefficient (Wildman–Crippen LogP) is 2.03. The molecule has 1 saturated heterocycles. The number of hydrogen-bond acceptors (Lipinski definition) is 3. The Morgan fingerprint density at radius 1 is 1.20 bits per heavy atom. The zero-order chi connectivity index (χ0) is 14.5. The fraction of sp³-hybridized carbons (Fsp3) is 0.538. The van der Waals surface area contributed by atoms with Crippen LogP contribution in [0.1, 0.15) is 19.8 Å². The van der Waals surface area contributed by atoms with Gasteiger partial charge in [0.05, 0.1) is 13.2 Å². The van der Waals surface area contributed by atoms with E-state index in [0.717, 1.165) is 25.0 Å². The molecule has 0 radical (unpaired) electrons. The van der Waals surface area contributed by atoms with E-state index in [0.29, 0.717) is 6.61 Å². The molecule has 1 fully saturated rings. The lowest BCUT2D eigenvalue weighted by Crippen LogP contribution is -2.47. The first kappa shape index (κ1) is 15.3. The number of rotatable bonds is 5. The quantitative estimate of drug-likeness (QED) is 0.471. The highest BCUT2D eigenvalue weighted by Gasteiger charge is 2.31. The lowest BCUT2D eigenvalue weighted by molar-refractivity contribution is -0.0429. The SMILES string of the molecule is CCCCOC1COB(c2cc(F)c(F)c(F)c2)OC1. The van der Waals surface area contributed by atoms with Gasteiger partial charge in [-0.15, -0.1) is 0 Å². The monoisotopic (exact) mass is 288 g/mol. The van der Waals surface area contributed by atoms with Gasteiger partial charge in [-0.1, -0.05) is 13.3 Å².